The van der Waals surface area contributed by atoms with Gasteiger partial charge in [-0.1, -0.05) is 0 Å². The van der Waals surface area contributed by atoms with Crippen molar-refractivity contribution in [2.75, 3.05) is 0 Å². The van der Waals surface area contributed by atoms with E-state index in [9.17, 15) is 18.4 Å². The number of carbonyl (C=O) groups is 2. The zero-order chi connectivity index (χ0) is 14.6. The van der Waals surface area contributed by atoms with Crippen LogP contribution in [0.15, 0.2) is 18.2 Å². The maximum absolute atomic E-state index is 13.3. The average Bonchev–Trinajstić information content (AvgIpc) is 2.20. The van der Waals surface area contributed by atoms with Gasteiger partial charge in [0.15, 0.2) is 0 Å². The Morgan fingerprint density at radius 2 is 1.84 bits per heavy atom. The highest BCUT2D eigenvalue weighted by Gasteiger charge is 2.19. The molecule has 19 heavy (non-hydrogen) atoms. The van der Waals surface area contributed by atoms with Crippen LogP contribution >= 0.6 is 0 Å². The molecule has 0 fully saturated rings. The Bertz CT molecular complexity index is 490. The SMILES string of the molecule is CC(C)(C)OC(=O)CC(=O)Cc1cc(F)ccc1F. The minimum absolute atomic E-state index is 0.0615. The average molecular weight is 270 g/mol. The monoisotopic (exact) mass is 270 g/mol. The summed E-state index contributed by atoms with van der Waals surface area (Å²) in [6.45, 7) is 5.05. The molecule has 3 nitrogen and oxygen atoms in total. The van der Waals surface area contributed by atoms with Crippen LogP contribution in [-0.2, 0) is 20.7 Å². The zero-order valence-corrected chi connectivity index (χ0v) is 11.1. The Morgan fingerprint density at radius 1 is 1.21 bits per heavy atom. The van der Waals surface area contributed by atoms with E-state index in [1.165, 1.54) is 0 Å². The summed E-state index contributed by atoms with van der Waals surface area (Å²) in [7, 11) is 0. The molecular formula is C14H16F2O3. The van der Waals surface area contributed by atoms with Gasteiger partial charge in [0, 0.05) is 6.42 Å². The van der Waals surface area contributed by atoms with Gasteiger partial charge in [-0.2, -0.15) is 0 Å². The second-order valence-corrected chi connectivity index (χ2v) is 5.21. The van der Waals surface area contributed by atoms with Gasteiger partial charge in [0.05, 0.1) is 0 Å². The first-order valence-corrected chi connectivity index (χ1v) is 5.85. The van der Waals surface area contributed by atoms with Crippen molar-refractivity contribution in [1.82, 2.24) is 0 Å². The third-order valence-corrected chi connectivity index (χ3v) is 2.16. The molecule has 1 aromatic carbocycles. The number of halogens is 2. The van der Waals surface area contributed by atoms with E-state index in [1.807, 2.05) is 0 Å². The number of carbonyl (C=O) groups excluding carboxylic acids is 2. The van der Waals surface area contributed by atoms with Crippen molar-refractivity contribution < 1.29 is 23.1 Å². The molecule has 0 saturated heterocycles. The van der Waals surface area contributed by atoms with Crippen LogP contribution in [0.3, 0.4) is 0 Å². The fourth-order valence-electron chi connectivity index (χ4n) is 1.49. The molecule has 1 rings (SSSR count). The molecule has 0 aliphatic heterocycles. The first kappa shape index (κ1) is 15.3. The first-order chi connectivity index (χ1) is 8.67. The largest absolute Gasteiger partial charge is 0.460 e. The van der Waals surface area contributed by atoms with E-state index in [2.05, 4.69) is 0 Å². The Morgan fingerprint density at radius 3 is 2.42 bits per heavy atom. The maximum Gasteiger partial charge on any atom is 0.313 e. The first-order valence-electron chi connectivity index (χ1n) is 5.85. The van der Waals surface area contributed by atoms with E-state index in [-0.39, 0.29) is 12.0 Å². The van der Waals surface area contributed by atoms with Gasteiger partial charge in [-0.3, -0.25) is 9.59 Å². The molecule has 0 saturated carbocycles. The fraction of sp³-hybridized carbons (Fsp3) is 0.429. The molecule has 0 bridgehead atoms. The highest BCUT2D eigenvalue weighted by molar-refractivity contribution is 5.96. The van der Waals surface area contributed by atoms with Crippen LogP contribution in [0.5, 0.6) is 0 Å². The number of benzene rings is 1. The van der Waals surface area contributed by atoms with Gasteiger partial charge in [-0.05, 0) is 44.5 Å². The van der Waals surface area contributed by atoms with Gasteiger partial charge in [0.25, 0.3) is 0 Å². The highest BCUT2D eigenvalue weighted by atomic mass is 19.1. The second-order valence-electron chi connectivity index (χ2n) is 5.21. The van der Waals surface area contributed by atoms with Crippen molar-refractivity contribution >= 4 is 11.8 Å². The van der Waals surface area contributed by atoms with E-state index in [4.69, 9.17) is 4.74 Å². The van der Waals surface area contributed by atoms with Crippen LogP contribution in [0.1, 0.15) is 32.8 Å². The molecular weight excluding hydrogens is 254 g/mol. The molecule has 0 aromatic heterocycles. The molecule has 0 atom stereocenters. The quantitative estimate of drug-likeness (QED) is 0.624. The number of ether oxygens (including phenoxy) is 1. The van der Waals surface area contributed by atoms with E-state index in [0.717, 1.165) is 18.2 Å². The summed E-state index contributed by atoms with van der Waals surface area (Å²) in [5.74, 6) is -2.48. The second kappa shape index (κ2) is 5.91. The minimum Gasteiger partial charge on any atom is -0.460 e. The molecule has 0 aliphatic rings. The van der Waals surface area contributed by atoms with Crippen molar-refractivity contribution in [2.45, 2.75) is 39.2 Å². The van der Waals surface area contributed by atoms with Gasteiger partial charge in [0.1, 0.15) is 29.4 Å². The van der Waals surface area contributed by atoms with E-state index in [0.29, 0.717) is 0 Å². The topological polar surface area (TPSA) is 43.4 Å². The molecule has 0 spiro atoms. The number of esters is 1. The fourth-order valence-corrected chi connectivity index (χ4v) is 1.49. The Balaban J connectivity index is 2.61. The summed E-state index contributed by atoms with van der Waals surface area (Å²) in [4.78, 5) is 23.0. The van der Waals surface area contributed by atoms with Crippen molar-refractivity contribution in [3.05, 3.63) is 35.4 Å². The van der Waals surface area contributed by atoms with Crippen molar-refractivity contribution in [3.8, 4) is 0 Å². The molecule has 0 radical (unpaired) electrons. The van der Waals surface area contributed by atoms with Crippen molar-refractivity contribution in [3.63, 3.8) is 0 Å². The lowest BCUT2D eigenvalue weighted by molar-refractivity contribution is -0.156. The number of hydrogen-bond acceptors (Lipinski definition) is 3. The molecule has 5 heteroatoms. The zero-order valence-electron chi connectivity index (χ0n) is 11.1. The third-order valence-electron chi connectivity index (χ3n) is 2.16. The van der Waals surface area contributed by atoms with Crippen LogP contribution in [0.2, 0.25) is 0 Å². The van der Waals surface area contributed by atoms with Crippen LogP contribution in [0.4, 0.5) is 8.78 Å². The van der Waals surface area contributed by atoms with Crippen LogP contribution in [0, 0.1) is 11.6 Å². The smallest absolute Gasteiger partial charge is 0.313 e. The summed E-state index contributed by atoms with van der Waals surface area (Å²) < 4.78 is 31.2. The Labute approximate surface area is 110 Å². The van der Waals surface area contributed by atoms with E-state index < -0.39 is 35.4 Å². The van der Waals surface area contributed by atoms with Gasteiger partial charge in [0.2, 0.25) is 0 Å². The lowest BCUT2D eigenvalue weighted by Gasteiger charge is -2.19. The predicted octanol–water partition coefficient (Wildman–Crippen LogP) is 2.81. The molecule has 0 N–H and O–H groups in total. The molecule has 0 unspecified atom stereocenters. The highest BCUT2D eigenvalue weighted by Crippen LogP contribution is 2.13. The number of hydrogen-bond donors (Lipinski definition) is 0. The van der Waals surface area contributed by atoms with Gasteiger partial charge < -0.3 is 4.74 Å². The summed E-state index contributed by atoms with van der Waals surface area (Å²) in [5.41, 5.74) is -0.741. The molecule has 0 aliphatic carbocycles. The summed E-state index contributed by atoms with van der Waals surface area (Å²) in [5, 5.41) is 0. The summed E-state index contributed by atoms with van der Waals surface area (Å²) in [6.07, 6.45) is -0.782. The predicted molar refractivity (Wildman–Crippen MR) is 65.5 cm³/mol. The van der Waals surface area contributed by atoms with Crippen molar-refractivity contribution in [1.29, 1.82) is 0 Å². The van der Waals surface area contributed by atoms with Gasteiger partial charge in [-0.25, -0.2) is 8.78 Å². The summed E-state index contributed by atoms with van der Waals surface area (Å²) in [6, 6.07) is 2.87. The van der Waals surface area contributed by atoms with Crippen molar-refractivity contribution in [2.24, 2.45) is 0 Å². The molecule has 1 aromatic rings. The van der Waals surface area contributed by atoms with E-state index >= 15 is 0 Å². The van der Waals surface area contributed by atoms with Crippen LogP contribution in [-0.4, -0.2) is 17.4 Å². The maximum atomic E-state index is 13.3. The number of Topliss-reactive ketones (excluding diaryl/α,β-unsaturated/α-hetero) is 1. The lowest BCUT2D eigenvalue weighted by Crippen LogP contribution is -2.25. The normalized spacial score (nSPS) is 11.2. The molecule has 0 heterocycles. The standard InChI is InChI=1S/C14H16F2O3/c1-14(2,3)19-13(18)8-11(17)7-9-6-10(15)4-5-12(9)16/h4-6H,7-8H2,1-3H3. The summed E-state index contributed by atoms with van der Waals surface area (Å²) >= 11 is 0. The van der Waals surface area contributed by atoms with E-state index in [1.54, 1.807) is 20.8 Å². The van der Waals surface area contributed by atoms with Gasteiger partial charge in [-0.15, -0.1) is 0 Å². The number of ketones is 1. The number of rotatable bonds is 4. The molecule has 104 valence electrons. The van der Waals surface area contributed by atoms with Crippen LogP contribution < -0.4 is 0 Å². The Kier molecular flexibility index (Phi) is 4.75. The van der Waals surface area contributed by atoms with Gasteiger partial charge >= 0.3 is 5.97 Å². The Hall–Kier alpha value is -1.78. The minimum atomic E-state index is -0.679. The lowest BCUT2D eigenvalue weighted by atomic mass is 10.1. The van der Waals surface area contributed by atoms with Crippen LogP contribution in [0.25, 0.3) is 0 Å². The molecule has 0 amide bonds. The third kappa shape index (κ3) is 5.59.